The molecule has 2 aromatic rings. The van der Waals surface area contributed by atoms with E-state index in [0.717, 1.165) is 10.3 Å². The molecule has 1 unspecified atom stereocenters. The highest BCUT2D eigenvalue weighted by atomic mass is 32.2. The van der Waals surface area contributed by atoms with Crippen LogP contribution in [0.4, 0.5) is 0 Å². The zero-order valence-corrected chi connectivity index (χ0v) is 35.8. The number of carbonyl (C=O) groups is 7. The summed E-state index contributed by atoms with van der Waals surface area (Å²) in [6.07, 6.45) is -0.121. The van der Waals surface area contributed by atoms with Crippen LogP contribution in [0.15, 0.2) is 41.1 Å². The standard InChI is InChI=1S/C41H58N10O10S/c1-4-20(5-2)33-38(60)44-15-31(55)46-28-19-62-39-23(22-8-6-7-9-24(22)48-39)13-26(35(57)43-16-32(56)49-33)45-27-14-41(3,30(54)18-52)34(27)50-37(59)29-12-21(53)17-51(29)40(61)25(10-11-42)47-36(28)58/h6-9,14,20-21,25-26,28-30,33-34,45,48,52-54H,4-5,10-13,15-19,42H2,1-3H3,(H,43,57)(H,44,60)(H,46,55)(H,47,58)(H,49,56)(H,50,59)/t21-,25+,26-,28+,29+,30+,33+,34-,41?/m1/s1. The Labute approximate surface area is 362 Å². The Bertz CT molecular complexity index is 2080. The Morgan fingerprint density at radius 3 is 2.27 bits per heavy atom. The zero-order valence-electron chi connectivity index (χ0n) is 35.0. The molecule has 7 amide bonds. The smallest absolute Gasteiger partial charge is 0.245 e. The number of hydrogen-bond donors (Lipinski definition) is 12. The second kappa shape index (κ2) is 19.9. The van der Waals surface area contributed by atoms with E-state index in [4.69, 9.17) is 5.73 Å². The summed E-state index contributed by atoms with van der Waals surface area (Å²) in [5, 5.41) is 52.7. The Kier molecular flexibility index (Phi) is 14.8. The molecule has 1 aliphatic carbocycles. The Morgan fingerprint density at radius 1 is 0.887 bits per heavy atom. The lowest BCUT2D eigenvalue weighted by atomic mass is 9.66. The number of para-hydroxylation sites is 1. The molecule has 2 bridgehead atoms. The number of thioether (sulfide) groups is 1. The van der Waals surface area contributed by atoms with Gasteiger partial charge in [-0.2, -0.15) is 0 Å². The fourth-order valence-electron chi connectivity index (χ4n) is 8.69. The maximum absolute atomic E-state index is 14.4. The molecule has 13 N–H and O–H groups in total. The maximum atomic E-state index is 14.4. The minimum absolute atomic E-state index is 0.0191. The van der Waals surface area contributed by atoms with Gasteiger partial charge in [-0.05, 0) is 30.5 Å². The van der Waals surface area contributed by atoms with Gasteiger partial charge < -0.3 is 68.2 Å². The van der Waals surface area contributed by atoms with E-state index in [1.165, 1.54) is 11.8 Å². The number of aliphatic hydroxyl groups excluding tert-OH is 3. The van der Waals surface area contributed by atoms with Gasteiger partial charge in [0.25, 0.3) is 0 Å². The summed E-state index contributed by atoms with van der Waals surface area (Å²) in [6.45, 7) is 3.27. The van der Waals surface area contributed by atoms with Crippen molar-refractivity contribution in [3.8, 4) is 0 Å². The first-order chi connectivity index (χ1) is 29.6. The highest BCUT2D eigenvalue weighted by Crippen LogP contribution is 2.42. The van der Waals surface area contributed by atoms with E-state index in [2.05, 4.69) is 42.2 Å². The second-order valence-electron chi connectivity index (χ2n) is 16.5. The van der Waals surface area contributed by atoms with Gasteiger partial charge in [-0.1, -0.05) is 57.9 Å². The van der Waals surface area contributed by atoms with Gasteiger partial charge in [0.05, 0.1) is 43.0 Å². The predicted molar refractivity (Wildman–Crippen MR) is 227 cm³/mol. The summed E-state index contributed by atoms with van der Waals surface area (Å²) < 4.78 is 0. The van der Waals surface area contributed by atoms with Gasteiger partial charge in [0.15, 0.2) is 0 Å². The molecule has 62 heavy (non-hydrogen) atoms. The van der Waals surface area contributed by atoms with Crippen LogP contribution in [0.1, 0.15) is 52.0 Å². The fraction of sp³-hybridized carbons (Fsp3) is 0.585. The van der Waals surface area contributed by atoms with Crippen molar-refractivity contribution in [1.82, 2.24) is 47.1 Å². The first kappa shape index (κ1) is 46.3. The number of aliphatic hydroxyl groups is 3. The van der Waals surface area contributed by atoms with Crippen LogP contribution in [-0.4, -0.2) is 154 Å². The van der Waals surface area contributed by atoms with Gasteiger partial charge >= 0.3 is 0 Å². The number of nitrogens with zero attached hydrogens (tertiary/aromatic N) is 1. The topological polar surface area (TPSA) is 309 Å². The lowest BCUT2D eigenvalue weighted by molar-refractivity contribution is -0.142. The van der Waals surface area contributed by atoms with Crippen LogP contribution in [0.2, 0.25) is 0 Å². The van der Waals surface area contributed by atoms with Crippen molar-refractivity contribution < 1.29 is 48.9 Å². The maximum Gasteiger partial charge on any atom is 0.245 e. The first-order valence-electron chi connectivity index (χ1n) is 21.1. The van der Waals surface area contributed by atoms with E-state index in [9.17, 15) is 48.9 Å². The van der Waals surface area contributed by atoms with Gasteiger partial charge in [0.1, 0.15) is 30.2 Å². The fourth-order valence-corrected chi connectivity index (χ4v) is 9.80. The summed E-state index contributed by atoms with van der Waals surface area (Å²) in [6, 6.07) is 0.232. The van der Waals surface area contributed by atoms with Gasteiger partial charge in [0, 0.05) is 47.2 Å². The van der Waals surface area contributed by atoms with Crippen molar-refractivity contribution in [3.63, 3.8) is 0 Å². The molecule has 4 aliphatic rings. The van der Waals surface area contributed by atoms with Gasteiger partial charge in [-0.15, -0.1) is 11.8 Å². The molecule has 1 fully saturated rings. The van der Waals surface area contributed by atoms with Crippen molar-refractivity contribution in [2.24, 2.45) is 17.1 Å². The molecule has 0 radical (unpaired) electrons. The number of H-pyrrole nitrogens is 1. The van der Waals surface area contributed by atoms with Crippen LogP contribution in [0, 0.1) is 11.3 Å². The predicted octanol–water partition coefficient (Wildman–Crippen LogP) is -3.04. The third-order valence-electron chi connectivity index (χ3n) is 12.4. The SMILES string of the molecule is CCC(CC)[C@@H]1NC(=O)CNC(=O)[C@H]2Cc3c([nH]c4ccccc34)SC[C@H](NC(=O)CNC1=O)C(=O)N[C@@H](CCN)C(=O)N1C[C@H](O)C[C@H]1C(=O)N[C@@H]1C(=CC1(C)[C@@H](O)CO)N2. The van der Waals surface area contributed by atoms with Gasteiger partial charge in [0.2, 0.25) is 41.4 Å². The molecule has 1 saturated heterocycles. The van der Waals surface area contributed by atoms with Crippen LogP contribution < -0.4 is 43.0 Å². The number of carbonyl (C=O) groups excluding carboxylic acids is 7. The van der Waals surface area contributed by atoms with E-state index in [0.29, 0.717) is 34.6 Å². The molecule has 0 spiro atoms. The molecule has 20 nitrogen and oxygen atoms in total. The van der Waals surface area contributed by atoms with E-state index in [1.54, 1.807) is 13.0 Å². The van der Waals surface area contributed by atoms with Crippen molar-refractivity contribution in [2.45, 2.75) is 106 Å². The highest BCUT2D eigenvalue weighted by molar-refractivity contribution is 7.99. The number of nitrogens with two attached hydrogens (primary N) is 1. The molecule has 338 valence electrons. The van der Waals surface area contributed by atoms with Crippen molar-refractivity contribution in [3.05, 3.63) is 41.6 Å². The summed E-state index contributed by atoms with van der Waals surface area (Å²) in [4.78, 5) is 102. The Balaban J connectivity index is 1.49. The number of aromatic nitrogens is 1. The van der Waals surface area contributed by atoms with E-state index in [-0.39, 0.29) is 44.0 Å². The average Bonchev–Trinajstić information content (AvgIpc) is 3.82. The van der Waals surface area contributed by atoms with Crippen LogP contribution in [0.25, 0.3) is 10.9 Å². The van der Waals surface area contributed by atoms with Gasteiger partial charge in [-0.3, -0.25) is 33.6 Å². The third-order valence-corrected chi connectivity index (χ3v) is 13.5. The monoisotopic (exact) mass is 882 g/mol. The minimum atomic E-state index is -1.37. The number of hydrogen-bond acceptors (Lipinski definition) is 13. The Morgan fingerprint density at radius 2 is 1.58 bits per heavy atom. The quantitative estimate of drug-likeness (QED) is 0.132. The highest BCUT2D eigenvalue weighted by Gasteiger charge is 2.52. The molecule has 21 heteroatoms. The number of nitrogens with one attached hydrogen (secondary N) is 8. The van der Waals surface area contributed by atoms with Crippen LogP contribution >= 0.6 is 11.8 Å². The lowest BCUT2D eigenvalue weighted by Gasteiger charge is -2.49. The van der Waals surface area contributed by atoms with Crippen molar-refractivity contribution >= 4 is 64.0 Å². The van der Waals surface area contributed by atoms with Gasteiger partial charge in [-0.25, -0.2) is 0 Å². The number of amides is 7. The molecule has 1 aromatic carbocycles. The second-order valence-corrected chi connectivity index (χ2v) is 17.5. The molecular weight excluding hydrogens is 825 g/mol. The number of aromatic amines is 1. The summed E-state index contributed by atoms with van der Waals surface area (Å²) >= 11 is 1.17. The van der Waals surface area contributed by atoms with Crippen molar-refractivity contribution in [2.75, 3.05) is 38.5 Å². The normalized spacial score (nSPS) is 29.9. The third kappa shape index (κ3) is 9.86. The summed E-state index contributed by atoms with van der Waals surface area (Å²) in [5.74, 6) is -5.27. The molecule has 1 aromatic heterocycles. The molecule has 4 heterocycles. The van der Waals surface area contributed by atoms with Crippen molar-refractivity contribution in [1.29, 1.82) is 0 Å². The number of fused-ring (bicyclic) bond motifs is 6. The average molecular weight is 883 g/mol. The van der Waals surface area contributed by atoms with E-state index in [1.807, 2.05) is 38.1 Å². The minimum Gasteiger partial charge on any atom is -0.394 e. The molecule has 3 aliphatic heterocycles. The zero-order chi connectivity index (χ0) is 44.9. The molecule has 6 rings (SSSR count). The number of rotatable bonds is 7. The summed E-state index contributed by atoms with van der Waals surface area (Å²) in [7, 11) is 0. The van der Waals surface area contributed by atoms with E-state index >= 15 is 0 Å². The molecule has 0 saturated carbocycles. The molecular formula is C41H58N10O10S. The van der Waals surface area contributed by atoms with Crippen LogP contribution in [0.5, 0.6) is 0 Å². The molecule has 9 atom stereocenters. The number of benzene rings is 1. The van der Waals surface area contributed by atoms with Crippen LogP contribution in [-0.2, 0) is 40.0 Å². The lowest BCUT2D eigenvalue weighted by Crippen LogP contribution is -2.65. The largest absolute Gasteiger partial charge is 0.394 e. The van der Waals surface area contributed by atoms with Crippen LogP contribution in [0.3, 0.4) is 0 Å². The first-order valence-corrected chi connectivity index (χ1v) is 22.0. The van der Waals surface area contributed by atoms with E-state index < -0.39 is 115 Å². The summed E-state index contributed by atoms with van der Waals surface area (Å²) in [5.41, 5.74) is 6.29. The Hall–Kier alpha value is -5.22.